The van der Waals surface area contributed by atoms with Gasteiger partial charge in [0, 0.05) is 6.54 Å². The Morgan fingerprint density at radius 3 is 3.05 bits per heavy atom. The molecule has 1 aliphatic rings. The van der Waals surface area contributed by atoms with Gasteiger partial charge in [-0.05, 0) is 12.1 Å². The fourth-order valence-electron chi connectivity index (χ4n) is 1.71. The van der Waals surface area contributed by atoms with Gasteiger partial charge >= 0.3 is 0 Å². The van der Waals surface area contributed by atoms with E-state index in [0.29, 0.717) is 24.6 Å². The SMILES string of the molecule is O=C(NCC(F)(F)CO)c1cccc2c1OCCN2. The molecule has 1 heterocycles. The van der Waals surface area contributed by atoms with Crippen LogP contribution < -0.4 is 15.4 Å². The van der Waals surface area contributed by atoms with E-state index in [1.54, 1.807) is 12.1 Å². The molecule has 19 heavy (non-hydrogen) atoms. The number of rotatable bonds is 4. The number of alkyl halides is 2. The maximum Gasteiger partial charge on any atom is 0.287 e. The lowest BCUT2D eigenvalue weighted by Gasteiger charge is -2.21. The number of amides is 1. The van der Waals surface area contributed by atoms with Crippen molar-refractivity contribution in [1.29, 1.82) is 0 Å². The smallest absolute Gasteiger partial charge is 0.287 e. The van der Waals surface area contributed by atoms with Crippen LogP contribution in [-0.4, -0.2) is 43.2 Å². The fourth-order valence-corrected chi connectivity index (χ4v) is 1.71. The Morgan fingerprint density at radius 2 is 2.32 bits per heavy atom. The molecule has 0 aliphatic carbocycles. The summed E-state index contributed by atoms with van der Waals surface area (Å²) in [6.45, 7) is -1.19. The van der Waals surface area contributed by atoms with E-state index in [2.05, 4.69) is 10.6 Å². The number of fused-ring (bicyclic) bond motifs is 1. The van der Waals surface area contributed by atoms with Crippen LogP contribution in [0, 0.1) is 0 Å². The van der Waals surface area contributed by atoms with E-state index in [9.17, 15) is 13.6 Å². The molecule has 2 rings (SSSR count). The van der Waals surface area contributed by atoms with E-state index in [1.807, 2.05) is 0 Å². The van der Waals surface area contributed by atoms with Crippen LogP contribution in [0.1, 0.15) is 10.4 Å². The Labute approximate surface area is 108 Å². The van der Waals surface area contributed by atoms with Crippen molar-refractivity contribution in [2.24, 2.45) is 0 Å². The van der Waals surface area contributed by atoms with Crippen molar-refractivity contribution in [2.75, 3.05) is 31.6 Å². The minimum absolute atomic E-state index is 0.193. The van der Waals surface area contributed by atoms with E-state index in [0.717, 1.165) is 0 Å². The van der Waals surface area contributed by atoms with Crippen molar-refractivity contribution in [3.63, 3.8) is 0 Å². The van der Waals surface area contributed by atoms with Crippen LogP contribution in [0.3, 0.4) is 0 Å². The number of carbonyl (C=O) groups excluding carboxylic acids is 1. The fraction of sp³-hybridized carbons (Fsp3) is 0.417. The van der Waals surface area contributed by atoms with E-state index in [4.69, 9.17) is 9.84 Å². The molecular weight excluding hydrogens is 258 g/mol. The first-order chi connectivity index (χ1) is 9.03. The van der Waals surface area contributed by atoms with Gasteiger partial charge < -0.3 is 20.5 Å². The summed E-state index contributed by atoms with van der Waals surface area (Å²) in [7, 11) is 0. The largest absolute Gasteiger partial charge is 0.489 e. The van der Waals surface area contributed by atoms with Crippen LogP contribution in [0.25, 0.3) is 0 Å². The highest BCUT2D eigenvalue weighted by atomic mass is 19.3. The molecule has 1 amide bonds. The number of hydrogen-bond donors (Lipinski definition) is 3. The van der Waals surface area contributed by atoms with Gasteiger partial charge in [-0.2, -0.15) is 0 Å². The maximum absolute atomic E-state index is 12.9. The van der Waals surface area contributed by atoms with Crippen LogP contribution in [0.15, 0.2) is 18.2 Å². The summed E-state index contributed by atoms with van der Waals surface area (Å²) in [5.41, 5.74) is 0.853. The molecule has 1 aliphatic heterocycles. The summed E-state index contributed by atoms with van der Waals surface area (Å²) >= 11 is 0. The number of carbonyl (C=O) groups is 1. The molecule has 0 atom stereocenters. The highest BCUT2D eigenvalue weighted by Gasteiger charge is 2.29. The standard InChI is InChI=1S/C12H14F2N2O3/c13-12(14,7-17)6-16-11(18)8-2-1-3-9-10(8)19-5-4-15-9/h1-3,15,17H,4-7H2,(H,16,18). The lowest BCUT2D eigenvalue weighted by Crippen LogP contribution is -2.39. The van der Waals surface area contributed by atoms with Gasteiger partial charge in [0.05, 0.1) is 17.8 Å². The van der Waals surface area contributed by atoms with Crippen molar-refractivity contribution in [1.82, 2.24) is 5.32 Å². The molecule has 3 N–H and O–H groups in total. The summed E-state index contributed by atoms with van der Waals surface area (Å²) in [6.07, 6.45) is 0. The average molecular weight is 272 g/mol. The van der Waals surface area contributed by atoms with Crippen LogP contribution in [0.5, 0.6) is 5.75 Å². The van der Waals surface area contributed by atoms with Crippen molar-refractivity contribution >= 4 is 11.6 Å². The molecule has 0 bridgehead atoms. The lowest BCUT2D eigenvalue weighted by atomic mass is 10.1. The van der Waals surface area contributed by atoms with Gasteiger partial charge in [-0.15, -0.1) is 0 Å². The third-order valence-corrected chi connectivity index (χ3v) is 2.66. The third-order valence-electron chi connectivity index (χ3n) is 2.66. The normalized spacial score (nSPS) is 14.1. The zero-order valence-corrected chi connectivity index (χ0v) is 10.1. The number of aliphatic hydroxyl groups is 1. The molecule has 0 fully saturated rings. The number of ether oxygens (including phenoxy) is 1. The summed E-state index contributed by atoms with van der Waals surface area (Å²) < 4.78 is 31.1. The number of anilines is 1. The molecular formula is C12H14F2N2O3. The second-order valence-corrected chi connectivity index (χ2v) is 4.15. The molecule has 0 aromatic heterocycles. The molecule has 7 heteroatoms. The molecule has 1 aromatic carbocycles. The number of benzene rings is 1. The van der Waals surface area contributed by atoms with Gasteiger partial charge in [-0.25, -0.2) is 8.78 Å². The van der Waals surface area contributed by atoms with Crippen LogP contribution >= 0.6 is 0 Å². The molecule has 0 saturated heterocycles. The predicted octanol–water partition coefficient (Wildman–Crippen LogP) is 0.848. The Hall–Kier alpha value is -1.89. The predicted molar refractivity (Wildman–Crippen MR) is 64.8 cm³/mol. The van der Waals surface area contributed by atoms with E-state index in [1.165, 1.54) is 6.07 Å². The number of halogens is 2. The molecule has 0 spiro atoms. The highest BCUT2D eigenvalue weighted by molar-refractivity contribution is 5.99. The Balaban J connectivity index is 2.11. The quantitative estimate of drug-likeness (QED) is 0.760. The molecule has 0 radical (unpaired) electrons. The van der Waals surface area contributed by atoms with Gasteiger partial charge in [0.25, 0.3) is 11.8 Å². The van der Waals surface area contributed by atoms with Gasteiger partial charge in [-0.1, -0.05) is 6.07 Å². The summed E-state index contributed by atoms with van der Waals surface area (Å²) in [4.78, 5) is 11.8. The Bertz CT molecular complexity index is 480. The maximum atomic E-state index is 12.9. The zero-order valence-electron chi connectivity index (χ0n) is 10.1. The van der Waals surface area contributed by atoms with Crippen LogP contribution in [0.4, 0.5) is 14.5 Å². The molecule has 0 unspecified atom stereocenters. The first-order valence-corrected chi connectivity index (χ1v) is 5.80. The van der Waals surface area contributed by atoms with Crippen LogP contribution in [-0.2, 0) is 0 Å². The highest BCUT2D eigenvalue weighted by Crippen LogP contribution is 2.31. The van der Waals surface area contributed by atoms with E-state index < -0.39 is 25.0 Å². The van der Waals surface area contributed by atoms with Gasteiger partial charge in [0.2, 0.25) is 0 Å². The summed E-state index contributed by atoms with van der Waals surface area (Å²) in [5, 5.41) is 13.6. The van der Waals surface area contributed by atoms with Gasteiger partial charge in [-0.3, -0.25) is 4.79 Å². The van der Waals surface area contributed by atoms with Crippen LogP contribution in [0.2, 0.25) is 0 Å². The molecule has 104 valence electrons. The topological polar surface area (TPSA) is 70.6 Å². The van der Waals surface area contributed by atoms with Crippen molar-refractivity contribution in [3.05, 3.63) is 23.8 Å². The number of hydrogen-bond acceptors (Lipinski definition) is 4. The Kier molecular flexibility index (Phi) is 3.84. The lowest BCUT2D eigenvalue weighted by molar-refractivity contribution is -0.0462. The first-order valence-electron chi connectivity index (χ1n) is 5.80. The van der Waals surface area contributed by atoms with E-state index >= 15 is 0 Å². The first kappa shape index (κ1) is 13.5. The number of aliphatic hydroxyl groups excluding tert-OH is 1. The summed E-state index contributed by atoms with van der Waals surface area (Å²) in [5.74, 6) is -3.63. The minimum Gasteiger partial charge on any atom is -0.489 e. The second kappa shape index (κ2) is 5.40. The average Bonchev–Trinajstić information content (AvgIpc) is 2.44. The van der Waals surface area contributed by atoms with Crippen molar-refractivity contribution in [3.8, 4) is 5.75 Å². The van der Waals surface area contributed by atoms with Crippen molar-refractivity contribution < 1.29 is 23.4 Å². The molecule has 5 nitrogen and oxygen atoms in total. The zero-order chi connectivity index (χ0) is 13.9. The third kappa shape index (κ3) is 3.11. The summed E-state index contributed by atoms with van der Waals surface area (Å²) in [6, 6.07) is 4.88. The second-order valence-electron chi connectivity index (χ2n) is 4.15. The van der Waals surface area contributed by atoms with Gasteiger partial charge in [0.15, 0.2) is 5.75 Å². The number of nitrogens with one attached hydrogen (secondary N) is 2. The minimum atomic E-state index is -3.33. The molecule has 0 saturated carbocycles. The molecule has 1 aromatic rings. The monoisotopic (exact) mass is 272 g/mol. The van der Waals surface area contributed by atoms with Crippen molar-refractivity contribution in [2.45, 2.75) is 5.92 Å². The number of para-hydroxylation sites is 1. The Morgan fingerprint density at radius 1 is 1.53 bits per heavy atom. The van der Waals surface area contributed by atoms with E-state index in [-0.39, 0.29) is 5.56 Å². The van der Waals surface area contributed by atoms with Gasteiger partial charge in [0.1, 0.15) is 13.2 Å².